The third kappa shape index (κ3) is 3.34. The number of anilines is 2. The number of aromatic carboxylic acids is 1. The molecule has 2 rings (SSSR count). The summed E-state index contributed by atoms with van der Waals surface area (Å²) in [6, 6.07) is 7.24. The summed E-state index contributed by atoms with van der Waals surface area (Å²) in [6.07, 6.45) is 0. The van der Waals surface area contributed by atoms with Crippen LogP contribution in [0.25, 0.3) is 0 Å². The Balaban J connectivity index is 2.40. The molecular formula is C13H10BrN3O4. The topological polar surface area (TPSA) is 105 Å². The van der Waals surface area contributed by atoms with E-state index in [0.717, 1.165) is 0 Å². The van der Waals surface area contributed by atoms with Crippen molar-refractivity contribution in [1.29, 1.82) is 0 Å². The monoisotopic (exact) mass is 351 g/mol. The van der Waals surface area contributed by atoms with Crippen molar-refractivity contribution >= 4 is 39.1 Å². The zero-order valence-corrected chi connectivity index (χ0v) is 12.4. The normalized spacial score (nSPS) is 10.2. The van der Waals surface area contributed by atoms with Gasteiger partial charge in [0.05, 0.1) is 16.2 Å². The first-order valence-corrected chi connectivity index (χ1v) is 6.59. The van der Waals surface area contributed by atoms with Gasteiger partial charge in [0.2, 0.25) is 5.82 Å². The molecular weight excluding hydrogens is 342 g/mol. The first-order valence-electron chi connectivity index (χ1n) is 5.80. The van der Waals surface area contributed by atoms with Gasteiger partial charge in [-0.25, -0.2) is 9.78 Å². The highest BCUT2D eigenvalue weighted by molar-refractivity contribution is 9.10. The number of carbonyl (C=O) groups is 1. The molecule has 108 valence electrons. The summed E-state index contributed by atoms with van der Waals surface area (Å²) in [7, 11) is 0. The van der Waals surface area contributed by atoms with Crippen LogP contribution in [0.15, 0.2) is 34.8 Å². The summed E-state index contributed by atoms with van der Waals surface area (Å²) in [6.45, 7) is 1.72. The van der Waals surface area contributed by atoms with Crippen LogP contribution in [0.5, 0.6) is 0 Å². The molecule has 8 heteroatoms. The SMILES string of the molecule is Cc1ccc([N+](=O)[O-])c(Nc2ccc(C(=O)O)cc2Br)n1. The maximum absolute atomic E-state index is 11.0. The lowest BCUT2D eigenvalue weighted by atomic mass is 10.2. The van der Waals surface area contributed by atoms with Crippen LogP contribution in [0, 0.1) is 17.0 Å². The number of benzene rings is 1. The minimum Gasteiger partial charge on any atom is -0.478 e. The van der Waals surface area contributed by atoms with E-state index < -0.39 is 10.9 Å². The van der Waals surface area contributed by atoms with Crippen molar-refractivity contribution in [3.63, 3.8) is 0 Å². The van der Waals surface area contributed by atoms with Crippen molar-refractivity contribution in [3.05, 3.63) is 56.2 Å². The van der Waals surface area contributed by atoms with Crippen molar-refractivity contribution in [1.82, 2.24) is 4.98 Å². The first-order chi connectivity index (χ1) is 9.88. The number of pyridine rings is 1. The molecule has 0 amide bonds. The number of nitrogens with zero attached hydrogens (tertiary/aromatic N) is 2. The largest absolute Gasteiger partial charge is 0.478 e. The Labute approximate surface area is 127 Å². The van der Waals surface area contributed by atoms with E-state index in [1.54, 1.807) is 13.0 Å². The molecule has 0 unspecified atom stereocenters. The number of aromatic nitrogens is 1. The number of carboxylic acids is 1. The van der Waals surface area contributed by atoms with Crippen LogP contribution in [0.2, 0.25) is 0 Å². The molecule has 7 nitrogen and oxygen atoms in total. The van der Waals surface area contributed by atoms with E-state index in [2.05, 4.69) is 26.2 Å². The summed E-state index contributed by atoms with van der Waals surface area (Å²) >= 11 is 3.23. The van der Waals surface area contributed by atoms with Crippen LogP contribution in [-0.2, 0) is 0 Å². The molecule has 0 saturated carbocycles. The smallest absolute Gasteiger partial charge is 0.335 e. The van der Waals surface area contributed by atoms with E-state index in [4.69, 9.17) is 5.11 Å². The Hall–Kier alpha value is -2.48. The van der Waals surface area contributed by atoms with Crippen molar-refractivity contribution in [2.45, 2.75) is 6.92 Å². The van der Waals surface area contributed by atoms with E-state index in [-0.39, 0.29) is 17.1 Å². The summed E-state index contributed by atoms with van der Waals surface area (Å²) in [4.78, 5) is 25.4. The average molecular weight is 352 g/mol. The second-order valence-corrected chi connectivity index (χ2v) is 5.06. The van der Waals surface area contributed by atoms with E-state index in [0.29, 0.717) is 15.9 Å². The number of hydrogen-bond donors (Lipinski definition) is 2. The molecule has 1 aromatic heterocycles. The van der Waals surface area contributed by atoms with E-state index in [9.17, 15) is 14.9 Å². The minimum absolute atomic E-state index is 0.101. The zero-order chi connectivity index (χ0) is 15.6. The number of rotatable bonds is 4. The highest BCUT2D eigenvalue weighted by Gasteiger charge is 2.16. The molecule has 1 heterocycles. The minimum atomic E-state index is -1.05. The van der Waals surface area contributed by atoms with Crippen molar-refractivity contribution in [3.8, 4) is 0 Å². The molecule has 2 aromatic rings. The molecule has 0 aliphatic carbocycles. The van der Waals surface area contributed by atoms with Gasteiger partial charge in [0.15, 0.2) is 0 Å². The summed E-state index contributed by atoms with van der Waals surface area (Å²) in [5, 5.41) is 22.7. The number of aryl methyl sites for hydroxylation is 1. The maximum atomic E-state index is 11.0. The van der Waals surface area contributed by atoms with Crippen LogP contribution in [0.3, 0.4) is 0 Å². The summed E-state index contributed by atoms with van der Waals surface area (Å²) in [5.74, 6) is -0.953. The maximum Gasteiger partial charge on any atom is 0.335 e. The third-order valence-electron chi connectivity index (χ3n) is 2.68. The number of hydrogen-bond acceptors (Lipinski definition) is 5. The van der Waals surface area contributed by atoms with Crippen molar-refractivity contribution < 1.29 is 14.8 Å². The lowest BCUT2D eigenvalue weighted by Gasteiger charge is -2.09. The van der Waals surface area contributed by atoms with Gasteiger partial charge in [-0.2, -0.15) is 0 Å². The molecule has 0 bridgehead atoms. The zero-order valence-electron chi connectivity index (χ0n) is 10.8. The standard InChI is InChI=1S/C13H10BrN3O4/c1-7-2-5-11(17(20)21)12(15-7)16-10-4-3-8(13(18)19)6-9(10)14/h2-6H,1H3,(H,15,16)(H,18,19). The lowest BCUT2D eigenvalue weighted by Crippen LogP contribution is -2.02. The highest BCUT2D eigenvalue weighted by Crippen LogP contribution is 2.30. The number of nitrogens with one attached hydrogen (secondary N) is 1. The Bertz CT molecular complexity index is 733. The number of carboxylic acid groups (broad SMARTS) is 1. The Kier molecular flexibility index (Phi) is 4.18. The van der Waals surface area contributed by atoms with Gasteiger partial charge in [-0.3, -0.25) is 10.1 Å². The van der Waals surface area contributed by atoms with Crippen LogP contribution >= 0.6 is 15.9 Å². The van der Waals surface area contributed by atoms with Crippen molar-refractivity contribution in [2.24, 2.45) is 0 Å². The number of nitro groups is 1. The van der Waals surface area contributed by atoms with E-state index in [1.807, 2.05) is 0 Å². The molecule has 0 fully saturated rings. The van der Waals surface area contributed by atoms with Crippen LogP contribution in [-0.4, -0.2) is 21.0 Å². The Morgan fingerprint density at radius 2 is 2.10 bits per heavy atom. The van der Waals surface area contributed by atoms with Gasteiger partial charge in [-0.15, -0.1) is 0 Å². The summed E-state index contributed by atoms with van der Waals surface area (Å²) in [5.41, 5.74) is 1.07. The molecule has 0 radical (unpaired) electrons. The third-order valence-corrected chi connectivity index (χ3v) is 3.34. The van der Waals surface area contributed by atoms with Gasteiger partial charge in [0, 0.05) is 16.2 Å². The van der Waals surface area contributed by atoms with Gasteiger partial charge in [-0.1, -0.05) is 0 Å². The van der Waals surface area contributed by atoms with Gasteiger partial charge < -0.3 is 10.4 Å². The highest BCUT2D eigenvalue weighted by atomic mass is 79.9. The predicted octanol–water partition coefficient (Wildman–Crippen LogP) is 3.50. The molecule has 0 aliphatic rings. The second kappa shape index (κ2) is 5.88. The van der Waals surface area contributed by atoms with Gasteiger partial charge in [0.1, 0.15) is 0 Å². The number of halogens is 1. The van der Waals surface area contributed by atoms with Gasteiger partial charge >= 0.3 is 11.7 Å². The quantitative estimate of drug-likeness (QED) is 0.644. The fourth-order valence-corrected chi connectivity index (χ4v) is 2.14. The van der Waals surface area contributed by atoms with E-state index in [1.165, 1.54) is 24.3 Å². The Morgan fingerprint density at radius 1 is 1.38 bits per heavy atom. The fourth-order valence-electron chi connectivity index (χ4n) is 1.67. The first kappa shape index (κ1) is 14.9. The predicted molar refractivity (Wildman–Crippen MR) is 80.0 cm³/mol. The van der Waals surface area contributed by atoms with Gasteiger partial charge in [-0.05, 0) is 47.1 Å². The second-order valence-electron chi connectivity index (χ2n) is 4.20. The van der Waals surface area contributed by atoms with Crippen LogP contribution in [0.4, 0.5) is 17.2 Å². The molecule has 1 aromatic carbocycles. The average Bonchev–Trinajstić information content (AvgIpc) is 2.40. The summed E-state index contributed by atoms with van der Waals surface area (Å²) < 4.78 is 0.472. The fraction of sp³-hybridized carbons (Fsp3) is 0.0769. The molecule has 21 heavy (non-hydrogen) atoms. The molecule has 0 saturated heterocycles. The van der Waals surface area contributed by atoms with E-state index >= 15 is 0 Å². The van der Waals surface area contributed by atoms with Crippen LogP contribution < -0.4 is 5.32 Å². The van der Waals surface area contributed by atoms with Crippen LogP contribution in [0.1, 0.15) is 16.1 Å². The molecule has 0 atom stereocenters. The lowest BCUT2D eigenvalue weighted by molar-refractivity contribution is -0.384. The molecule has 0 spiro atoms. The Morgan fingerprint density at radius 3 is 2.67 bits per heavy atom. The van der Waals surface area contributed by atoms with Gasteiger partial charge in [0.25, 0.3) is 0 Å². The molecule has 0 aliphatic heterocycles. The van der Waals surface area contributed by atoms with Crippen molar-refractivity contribution in [2.75, 3.05) is 5.32 Å². The molecule has 2 N–H and O–H groups in total.